The highest BCUT2D eigenvalue weighted by Crippen LogP contribution is 2.17. The van der Waals surface area contributed by atoms with Gasteiger partial charge in [-0.15, -0.1) is 5.10 Å². The van der Waals surface area contributed by atoms with Gasteiger partial charge in [0.25, 0.3) is 5.91 Å². The molecular weight excluding hydrogens is 314 g/mol. The van der Waals surface area contributed by atoms with E-state index >= 15 is 0 Å². The summed E-state index contributed by atoms with van der Waals surface area (Å²) in [4.78, 5) is 12.2. The Hall–Kier alpha value is -3.02. The fourth-order valence-corrected chi connectivity index (χ4v) is 3.16. The second-order valence-electron chi connectivity index (χ2n) is 6.24. The molecule has 6 nitrogen and oxygen atoms in total. The summed E-state index contributed by atoms with van der Waals surface area (Å²) in [5, 5.41) is 12.3. The van der Waals surface area contributed by atoms with Crippen molar-refractivity contribution in [3.63, 3.8) is 0 Å². The summed E-state index contributed by atoms with van der Waals surface area (Å²) in [6.07, 6.45) is 0. The van der Waals surface area contributed by atoms with Crippen LogP contribution in [0.5, 0.6) is 0 Å². The standard InChI is InChI=1S/C19H21N5O/c1-12-9-13(2)19(14(3)10-12)15(4)20-22-18(25)11-24-17-8-6-5-7-16(17)21-23-24/h5-10H,11H2,1-4H3,(H,22,25)/b20-15-. The summed E-state index contributed by atoms with van der Waals surface area (Å²) in [6, 6.07) is 11.8. The molecule has 1 heterocycles. The first-order valence-corrected chi connectivity index (χ1v) is 8.15. The van der Waals surface area contributed by atoms with E-state index in [2.05, 4.69) is 53.7 Å². The Morgan fingerprint density at radius 1 is 1.16 bits per heavy atom. The zero-order valence-electron chi connectivity index (χ0n) is 14.9. The number of hydrazone groups is 1. The molecule has 0 fully saturated rings. The Morgan fingerprint density at radius 2 is 1.84 bits per heavy atom. The van der Waals surface area contributed by atoms with E-state index in [4.69, 9.17) is 0 Å². The van der Waals surface area contributed by atoms with Crippen molar-refractivity contribution in [3.8, 4) is 0 Å². The molecule has 1 aromatic heterocycles. The summed E-state index contributed by atoms with van der Waals surface area (Å²) in [5.41, 5.74) is 9.56. The van der Waals surface area contributed by atoms with Gasteiger partial charge in [0.15, 0.2) is 0 Å². The lowest BCUT2D eigenvalue weighted by Gasteiger charge is -2.11. The highest BCUT2D eigenvalue weighted by molar-refractivity contribution is 6.01. The molecule has 3 aromatic rings. The molecule has 2 aromatic carbocycles. The lowest BCUT2D eigenvalue weighted by Crippen LogP contribution is -2.25. The first kappa shape index (κ1) is 16.8. The maximum absolute atomic E-state index is 12.2. The number of amides is 1. The molecular formula is C19H21N5O. The number of rotatable bonds is 4. The van der Waals surface area contributed by atoms with Gasteiger partial charge in [-0.1, -0.05) is 35.0 Å². The SMILES string of the molecule is C/C(=N/NC(=O)Cn1nnc2ccccc21)c1c(C)cc(C)cc1C. The van der Waals surface area contributed by atoms with Crippen LogP contribution in [0.25, 0.3) is 11.0 Å². The molecule has 0 saturated carbocycles. The largest absolute Gasteiger partial charge is 0.271 e. The van der Waals surface area contributed by atoms with Crippen molar-refractivity contribution >= 4 is 22.7 Å². The minimum atomic E-state index is -0.238. The molecule has 0 aliphatic carbocycles. The van der Waals surface area contributed by atoms with Crippen LogP contribution >= 0.6 is 0 Å². The third kappa shape index (κ3) is 3.57. The van der Waals surface area contributed by atoms with Crippen molar-refractivity contribution in [2.75, 3.05) is 0 Å². The van der Waals surface area contributed by atoms with Gasteiger partial charge in [0.05, 0.1) is 11.2 Å². The monoisotopic (exact) mass is 335 g/mol. The second kappa shape index (κ2) is 6.84. The van der Waals surface area contributed by atoms with Crippen LogP contribution in [0.3, 0.4) is 0 Å². The van der Waals surface area contributed by atoms with Crippen LogP contribution in [0.15, 0.2) is 41.5 Å². The maximum Gasteiger partial charge on any atom is 0.261 e. The highest BCUT2D eigenvalue weighted by atomic mass is 16.2. The van der Waals surface area contributed by atoms with Crippen LogP contribution < -0.4 is 5.43 Å². The van der Waals surface area contributed by atoms with Crippen LogP contribution in [0.2, 0.25) is 0 Å². The van der Waals surface area contributed by atoms with E-state index < -0.39 is 0 Å². The summed E-state index contributed by atoms with van der Waals surface area (Å²) in [6.45, 7) is 8.15. The van der Waals surface area contributed by atoms with Crippen molar-refractivity contribution in [1.29, 1.82) is 0 Å². The van der Waals surface area contributed by atoms with Gasteiger partial charge < -0.3 is 0 Å². The van der Waals surface area contributed by atoms with Gasteiger partial charge in [-0.05, 0) is 51.0 Å². The smallest absolute Gasteiger partial charge is 0.261 e. The molecule has 128 valence electrons. The lowest BCUT2D eigenvalue weighted by molar-refractivity contribution is -0.121. The van der Waals surface area contributed by atoms with Crippen molar-refractivity contribution in [1.82, 2.24) is 20.4 Å². The number of carbonyl (C=O) groups is 1. The molecule has 1 N–H and O–H groups in total. The molecule has 25 heavy (non-hydrogen) atoms. The highest BCUT2D eigenvalue weighted by Gasteiger charge is 2.10. The molecule has 6 heteroatoms. The molecule has 0 spiro atoms. The van der Waals surface area contributed by atoms with Gasteiger partial charge in [0, 0.05) is 5.56 Å². The molecule has 0 saturated heterocycles. The van der Waals surface area contributed by atoms with Gasteiger partial charge in [-0.2, -0.15) is 5.10 Å². The number of benzene rings is 2. The van der Waals surface area contributed by atoms with Crippen molar-refractivity contribution in [2.24, 2.45) is 5.10 Å². The number of para-hydroxylation sites is 1. The van der Waals surface area contributed by atoms with E-state index in [1.165, 1.54) is 5.56 Å². The quantitative estimate of drug-likeness (QED) is 0.588. The first-order chi connectivity index (χ1) is 12.0. The third-order valence-corrected chi connectivity index (χ3v) is 4.10. The summed E-state index contributed by atoms with van der Waals surface area (Å²) < 4.78 is 1.57. The van der Waals surface area contributed by atoms with Crippen LogP contribution in [-0.2, 0) is 11.3 Å². The first-order valence-electron chi connectivity index (χ1n) is 8.15. The average molecular weight is 335 g/mol. The van der Waals surface area contributed by atoms with Gasteiger partial charge in [-0.25, -0.2) is 10.1 Å². The molecule has 3 rings (SSSR count). The van der Waals surface area contributed by atoms with Crippen LogP contribution in [-0.4, -0.2) is 26.6 Å². The van der Waals surface area contributed by atoms with Crippen molar-refractivity contribution in [3.05, 3.63) is 58.7 Å². The van der Waals surface area contributed by atoms with Gasteiger partial charge in [0.2, 0.25) is 0 Å². The number of nitrogens with zero attached hydrogens (tertiary/aromatic N) is 4. The van der Waals surface area contributed by atoms with E-state index in [1.807, 2.05) is 31.2 Å². The molecule has 0 aliphatic heterocycles. The predicted octanol–water partition coefficient (Wildman–Crippen LogP) is 2.90. The average Bonchev–Trinajstić information content (AvgIpc) is 2.95. The fourth-order valence-electron chi connectivity index (χ4n) is 3.16. The number of hydrogen-bond donors (Lipinski definition) is 1. The topological polar surface area (TPSA) is 72.2 Å². The van der Waals surface area contributed by atoms with Crippen LogP contribution in [0.1, 0.15) is 29.2 Å². The van der Waals surface area contributed by atoms with Crippen molar-refractivity contribution < 1.29 is 4.79 Å². The Bertz CT molecular complexity index is 948. The number of aromatic nitrogens is 3. The predicted molar refractivity (Wildman–Crippen MR) is 98.5 cm³/mol. The summed E-state index contributed by atoms with van der Waals surface area (Å²) in [7, 11) is 0. The maximum atomic E-state index is 12.2. The van der Waals surface area contributed by atoms with E-state index in [0.29, 0.717) is 0 Å². The summed E-state index contributed by atoms with van der Waals surface area (Å²) >= 11 is 0. The number of aryl methyl sites for hydroxylation is 3. The van der Waals surface area contributed by atoms with E-state index in [1.54, 1.807) is 4.68 Å². The number of hydrogen-bond acceptors (Lipinski definition) is 4. The minimum Gasteiger partial charge on any atom is -0.271 e. The van der Waals surface area contributed by atoms with Gasteiger partial charge >= 0.3 is 0 Å². The number of nitrogens with one attached hydrogen (secondary N) is 1. The number of fused-ring (bicyclic) bond motifs is 1. The Morgan fingerprint density at radius 3 is 2.56 bits per heavy atom. The molecule has 0 unspecified atom stereocenters. The Balaban J connectivity index is 1.74. The summed E-state index contributed by atoms with van der Waals surface area (Å²) in [5.74, 6) is -0.238. The van der Waals surface area contributed by atoms with Crippen LogP contribution in [0, 0.1) is 20.8 Å². The molecule has 0 atom stereocenters. The van der Waals surface area contributed by atoms with E-state index in [0.717, 1.165) is 33.4 Å². The zero-order valence-corrected chi connectivity index (χ0v) is 14.9. The number of carbonyl (C=O) groups excluding carboxylic acids is 1. The molecule has 0 aliphatic rings. The van der Waals surface area contributed by atoms with Crippen molar-refractivity contribution in [2.45, 2.75) is 34.2 Å². The van der Waals surface area contributed by atoms with Crippen LogP contribution in [0.4, 0.5) is 0 Å². The minimum absolute atomic E-state index is 0.0726. The molecule has 0 radical (unpaired) electrons. The second-order valence-corrected chi connectivity index (χ2v) is 6.24. The fraction of sp³-hybridized carbons (Fsp3) is 0.263. The normalized spacial score (nSPS) is 11.8. The Kier molecular flexibility index (Phi) is 4.61. The van der Waals surface area contributed by atoms with Gasteiger partial charge in [0.1, 0.15) is 12.1 Å². The van der Waals surface area contributed by atoms with Gasteiger partial charge in [-0.3, -0.25) is 4.79 Å². The van der Waals surface area contributed by atoms with E-state index in [-0.39, 0.29) is 12.5 Å². The molecule has 1 amide bonds. The zero-order chi connectivity index (χ0) is 18.0. The lowest BCUT2D eigenvalue weighted by atomic mass is 9.97. The molecule has 0 bridgehead atoms. The third-order valence-electron chi connectivity index (χ3n) is 4.10. The Labute approximate surface area is 146 Å². The van der Waals surface area contributed by atoms with E-state index in [9.17, 15) is 4.79 Å².